The Bertz CT molecular complexity index is 1210. The standard InChI is InChI=1S/C20H19N5O2S/c1-13-14(2)28-19-18(13)20(27)24(12-21-19)10-7-17(26)23-15-5-3-6-16(11-15)25-9-4-8-22-25/h3-6,8-9,11-12H,7,10H2,1-2H3,(H,23,26). The summed E-state index contributed by atoms with van der Waals surface area (Å²) in [6.45, 7) is 4.19. The number of aromatic nitrogens is 4. The van der Waals surface area contributed by atoms with Crippen molar-refractivity contribution in [3.05, 3.63) is 69.8 Å². The Balaban J connectivity index is 1.46. The predicted molar refractivity (Wildman–Crippen MR) is 110 cm³/mol. The van der Waals surface area contributed by atoms with Crippen LogP contribution in [-0.4, -0.2) is 25.2 Å². The lowest BCUT2D eigenvalue weighted by Crippen LogP contribution is -2.23. The highest BCUT2D eigenvalue weighted by Crippen LogP contribution is 2.25. The Morgan fingerprint density at radius 1 is 1.25 bits per heavy atom. The number of anilines is 1. The van der Waals surface area contributed by atoms with Crippen LogP contribution in [0.5, 0.6) is 0 Å². The van der Waals surface area contributed by atoms with E-state index >= 15 is 0 Å². The number of nitrogens with one attached hydrogen (secondary N) is 1. The molecular formula is C20H19N5O2S. The van der Waals surface area contributed by atoms with E-state index < -0.39 is 0 Å². The van der Waals surface area contributed by atoms with E-state index in [2.05, 4.69) is 15.4 Å². The van der Waals surface area contributed by atoms with Gasteiger partial charge in [-0.15, -0.1) is 11.3 Å². The molecule has 0 aliphatic rings. The number of nitrogens with zero attached hydrogens (tertiary/aromatic N) is 4. The Morgan fingerprint density at radius 3 is 2.89 bits per heavy atom. The number of carbonyl (C=O) groups is 1. The summed E-state index contributed by atoms with van der Waals surface area (Å²) in [7, 11) is 0. The summed E-state index contributed by atoms with van der Waals surface area (Å²) in [5.41, 5.74) is 2.41. The van der Waals surface area contributed by atoms with Gasteiger partial charge in [0.25, 0.3) is 5.56 Å². The topological polar surface area (TPSA) is 81.8 Å². The van der Waals surface area contributed by atoms with Crippen LogP contribution >= 0.6 is 11.3 Å². The summed E-state index contributed by atoms with van der Waals surface area (Å²) >= 11 is 1.52. The van der Waals surface area contributed by atoms with Crippen molar-refractivity contribution in [3.8, 4) is 5.69 Å². The van der Waals surface area contributed by atoms with Gasteiger partial charge < -0.3 is 5.32 Å². The van der Waals surface area contributed by atoms with E-state index in [4.69, 9.17) is 0 Å². The van der Waals surface area contributed by atoms with Crippen molar-refractivity contribution in [1.82, 2.24) is 19.3 Å². The third-order valence-corrected chi connectivity index (χ3v) is 5.75. The molecule has 8 heteroatoms. The third-order valence-electron chi connectivity index (χ3n) is 4.63. The van der Waals surface area contributed by atoms with Crippen LogP contribution in [-0.2, 0) is 11.3 Å². The van der Waals surface area contributed by atoms with Gasteiger partial charge in [-0.1, -0.05) is 6.07 Å². The lowest BCUT2D eigenvalue weighted by molar-refractivity contribution is -0.116. The molecule has 0 aliphatic heterocycles. The fourth-order valence-corrected chi connectivity index (χ4v) is 4.01. The highest BCUT2D eigenvalue weighted by molar-refractivity contribution is 7.18. The van der Waals surface area contributed by atoms with Crippen LogP contribution in [0, 0.1) is 13.8 Å². The number of benzene rings is 1. The number of carbonyl (C=O) groups excluding carboxylic acids is 1. The van der Waals surface area contributed by atoms with E-state index in [1.54, 1.807) is 10.9 Å². The maximum atomic E-state index is 12.7. The maximum absolute atomic E-state index is 12.7. The zero-order chi connectivity index (χ0) is 19.7. The maximum Gasteiger partial charge on any atom is 0.262 e. The van der Waals surface area contributed by atoms with Gasteiger partial charge >= 0.3 is 0 Å². The first-order valence-corrected chi connectivity index (χ1v) is 9.69. The van der Waals surface area contributed by atoms with Crippen molar-refractivity contribution in [2.75, 3.05) is 5.32 Å². The molecule has 4 rings (SSSR count). The molecule has 0 fully saturated rings. The Morgan fingerprint density at radius 2 is 2.11 bits per heavy atom. The minimum absolute atomic E-state index is 0.0969. The van der Waals surface area contributed by atoms with E-state index in [1.807, 2.05) is 50.4 Å². The van der Waals surface area contributed by atoms with Gasteiger partial charge in [0, 0.05) is 35.9 Å². The normalized spacial score (nSPS) is 11.1. The third kappa shape index (κ3) is 3.46. The summed E-state index contributed by atoms with van der Waals surface area (Å²) in [6, 6.07) is 9.28. The highest BCUT2D eigenvalue weighted by atomic mass is 32.1. The summed E-state index contributed by atoms with van der Waals surface area (Å²) in [5.74, 6) is -0.164. The molecule has 0 unspecified atom stereocenters. The van der Waals surface area contributed by atoms with Crippen LogP contribution in [0.4, 0.5) is 5.69 Å². The van der Waals surface area contributed by atoms with Crippen LogP contribution in [0.2, 0.25) is 0 Å². The zero-order valence-corrected chi connectivity index (χ0v) is 16.4. The molecule has 3 aromatic heterocycles. The molecular weight excluding hydrogens is 374 g/mol. The SMILES string of the molecule is Cc1sc2ncn(CCC(=O)Nc3cccc(-n4cccn4)c3)c(=O)c2c1C. The molecule has 1 amide bonds. The quantitative estimate of drug-likeness (QED) is 0.564. The first-order chi connectivity index (χ1) is 13.5. The lowest BCUT2D eigenvalue weighted by Gasteiger charge is -2.09. The van der Waals surface area contributed by atoms with Gasteiger partial charge in [-0.05, 0) is 43.7 Å². The molecule has 3 heterocycles. The monoisotopic (exact) mass is 393 g/mol. The lowest BCUT2D eigenvalue weighted by atomic mass is 10.2. The molecule has 1 N–H and O–H groups in total. The van der Waals surface area contributed by atoms with E-state index in [9.17, 15) is 9.59 Å². The second-order valence-corrected chi connectivity index (χ2v) is 7.71. The van der Waals surface area contributed by atoms with Gasteiger partial charge in [0.2, 0.25) is 5.91 Å². The van der Waals surface area contributed by atoms with Crippen LogP contribution < -0.4 is 10.9 Å². The van der Waals surface area contributed by atoms with Gasteiger partial charge in [0.1, 0.15) is 4.83 Å². The van der Waals surface area contributed by atoms with Gasteiger partial charge in [0.15, 0.2) is 0 Å². The van der Waals surface area contributed by atoms with E-state index in [-0.39, 0.29) is 24.4 Å². The van der Waals surface area contributed by atoms with Crippen molar-refractivity contribution in [2.45, 2.75) is 26.8 Å². The number of hydrogen-bond donors (Lipinski definition) is 1. The molecule has 0 radical (unpaired) electrons. The van der Waals surface area contributed by atoms with Crippen molar-refractivity contribution in [3.63, 3.8) is 0 Å². The minimum Gasteiger partial charge on any atom is -0.326 e. The Labute approximate surface area is 165 Å². The van der Waals surface area contributed by atoms with Crippen molar-refractivity contribution < 1.29 is 4.79 Å². The van der Waals surface area contributed by atoms with Gasteiger partial charge in [-0.25, -0.2) is 9.67 Å². The minimum atomic E-state index is -0.164. The number of rotatable bonds is 5. The molecule has 0 spiro atoms. The number of thiophene rings is 1. The second kappa shape index (κ2) is 7.40. The smallest absolute Gasteiger partial charge is 0.262 e. The zero-order valence-electron chi connectivity index (χ0n) is 15.5. The summed E-state index contributed by atoms with van der Waals surface area (Å²) < 4.78 is 3.22. The molecule has 142 valence electrons. The molecule has 1 aromatic carbocycles. The van der Waals surface area contributed by atoms with E-state index in [1.165, 1.54) is 22.2 Å². The van der Waals surface area contributed by atoms with E-state index in [0.29, 0.717) is 11.1 Å². The first-order valence-electron chi connectivity index (χ1n) is 8.88. The second-order valence-electron chi connectivity index (χ2n) is 6.51. The highest BCUT2D eigenvalue weighted by Gasteiger charge is 2.13. The number of aryl methyl sites for hydroxylation is 3. The molecule has 0 bridgehead atoms. The van der Waals surface area contributed by atoms with Gasteiger partial charge in [-0.3, -0.25) is 14.2 Å². The fourth-order valence-electron chi connectivity index (χ4n) is 3.02. The van der Waals surface area contributed by atoms with Crippen LogP contribution in [0.3, 0.4) is 0 Å². The largest absolute Gasteiger partial charge is 0.326 e. The summed E-state index contributed by atoms with van der Waals surface area (Å²) in [6.07, 6.45) is 5.24. The summed E-state index contributed by atoms with van der Waals surface area (Å²) in [4.78, 5) is 31.3. The molecule has 28 heavy (non-hydrogen) atoms. The average Bonchev–Trinajstić information content (AvgIpc) is 3.31. The summed E-state index contributed by atoms with van der Waals surface area (Å²) in [5, 5.41) is 7.71. The number of fused-ring (bicyclic) bond motifs is 1. The van der Waals surface area contributed by atoms with Crippen LogP contribution in [0.15, 0.2) is 53.8 Å². The first kappa shape index (κ1) is 18.1. The van der Waals surface area contributed by atoms with E-state index in [0.717, 1.165) is 21.0 Å². The molecule has 4 aromatic rings. The van der Waals surface area contributed by atoms with Crippen LogP contribution in [0.25, 0.3) is 15.9 Å². The molecule has 0 saturated carbocycles. The predicted octanol–water partition coefficient (Wildman–Crippen LogP) is 3.29. The molecule has 0 atom stereocenters. The molecule has 0 saturated heterocycles. The van der Waals surface area contributed by atoms with Crippen LogP contribution in [0.1, 0.15) is 16.9 Å². The van der Waals surface area contributed by atoms with Crippen molar-refractivity contribution in [2.24, 2.45) is 0 Å². The van der Waals surface area contributed by atoms with Gasteiger partial charge in [-0.2, -0.15) is 5.10 Å². The van der Waals surface area contributed by atoms with Gasteiger partial charge in [0.05, 0.1) is 17.4 Å². The molecule has 7 nitrogen and oxygen atoms in total. The Hall–Kier alpha value is -3.26. The fraction of sp³-hybridized carbons (Fsp3) is 0.200. The van der Waals surface area contributed by atoms with Crippen molar-refractivity contribution in [1.29, 1.82) is 0 Å². The van der Waals surface area contributed by atoms with Crippen molar-refractivity contribution >= 4 is 33.1 Å². The molecule has 0 aliphatic carbocycles. The Kier molecular flexibility index (Phi) is 4.79. The number of amides is 1. The average molecular weight is 393 g/mol. The number of hydrogen-bond acceptors (Lipinski definition) is 5.